The lowest BCUT2D eigenvalue weighted by molar-refractivity contribution is -0.208. The van der Waals surface area contributed by atoms with Gasteiger partial charge in [0.05, 0.1) is 11.8 Å². The molecule has 0 amide bonds. The number of aliphatic hydroxyl groups excluding tert-OH is 1. The van der Waals surface area contributed by atoms with Gasteiger partial charge in [0, 0.05) is 6.07 Å². The fourth-order valence-corrected chi connectivity index (χ4v) is 1.06. The second-order valence-electron chi connectivity index (χ2n) is 3.51. The lowest BCUT2D eigenvalue weighted by Crippen LogP contribution is -2.21. The highest BCUT2D eigenvalue weighted by Crippen LogP contribution is 2.31. The standard InChI is InChI=1S/C10H12F3NO2/c1-6(2)16-8-5-3-4-7(14-8)9(15)10(11,12)13/h3-6,9,15H,1-2H3. The predicted octanol–water partition coefficient (Wildman–Crippen LogP) is 2.46. The summed E-state index contributed by atoms with van der Waals surface area (Å²) in [5.74, 6) is 0.0656. The topological polar surface area (TPSA) is 42.4 Å². The fourth-order valence-electron chi connectivity index (χ4n) is 1.06. The van der Waals surface area contributed by atoms with Crippen LogP contribution in [0.1, 0.15) is 25.6 Å². The third kappa shape index (κ3) is 3.37. The molecule has 0 saturated heterocycles. The van der Waals surface area contributed by atoms with Gasteiger partial charge < -0.3 is 9.84 Å². The maximum absolute atomic E-state index is 12.2. The van der Waals surface area contributed by atoms with Gasteiger partial charge in [0.2, 0.25) is 5.88 Å². The van der Waals surface area contributed by atoms with E-state index in [4.69, 9.17) is 9.84 Å². The monoisotopic (exact) mass is 235 g/mol. The zero-order valence-corrected chi connectivity index (χ0v) is 8.82. The van der Waals surface area contributed by atoms with Crippen LogP contribution in [-0.4, -0.2) is 22.4 Å². The van der Waals surface area contributed by atoms with E-state index < -0.39 is 18.0 Å². The Morgan fingerprint density at radius 3 is 2.44 bits per heavy atom. The van der Waals surface area contributed by atoms with Crippen LogP contribution in [-0.2, 0) is 0 Å². The van der Waals surface area contributed by atoms with Crippen molar-refractivity contribution in [3.8, 4) is 5.88 Å². The van der Waals surface area contributed by atoms with E-state index in [1.54, 1.807) is 13.8 Å². The quantitative estimate of drug-likeness (QED) is 0.875. The predicted molar refractivity (Wildman–Crippen MR) is 51.0 cm³/mol. The molecule has 90 valence electrons. The minimum atomic E-state index is -4.72. The molecule has 0 saturated carbocycles. The molecule has 1 rings (SSSR count). The molecule has 1 N–H and O–H groups in total. The van der Waals surface area contributed by atoms with Crippen molar-refractivity contribution in [1.82, 2.24) is 4.98 Å². The van der Waals surface area contributed by atoms with Crippen LogP contribution < -0.4 is 4.74 Å². The first-order valence-corrected chi connectivity index (χ1v) is 4.69. The number of aliphatic hydroxyl groups is 1. The molecule has 16 heavy (non-hydrogen) atoms. The SMILES string of the molecule is CC(C)Oc1cccc(C(O)C(F)(F)F)n1. The zero-order valence-electron chi connectivity index (χ0n) is 8.82. The number of halogens is 3. The Balaban J connectivity index is 2.90. The zero-order chi connectivity index (χ0) is 12.3. The molecule has 0 aliphatic rings. The maximum Gasteiger partial charge on any atom is 0.420 e. The van der Waals surface area contributed by atoms with Gasteiger partial charge in [0.15, 0.2) is 6.10 Å². The Bertz CT molecular complexity index is 352. The van der Waals surface area contributed by atoms with E-state index in [9.17, 15) is 13.2 Å². The molecule has 0 fully saturated rings. The molecule has 0 aliphatic carbocycles. The third-order valence-corrected chi connectivity index (χ3v) is 1.69. The fraction of sp³-hybridized carbons (Fsp3) is 0.500. The summed E-state index contributed by atoms with van der Waals surface area (Å²) in [6.07, 6.45) is -7.49. The molecule has 0 bridgehead atoms. The molecule has 0 spiro atoms. The number of hydrogen-bond acceptors (Lipinski definition) is 3. The number of nitrogens with zero attached hydrogens (tertiary/aromatic N) is 1. The van der Waals surface area contributed by atoms with Crippen LogP contribution >= 0.6 is 0 Å². The summed E-state index contributed by atoms with van der Waals surface area (Å²) in [5, 5.41) is 8.97. The second-order valence-corrected chi connectivity index (χ2v) is 3.51. The smallest absolute Gasteiger partial charge is 0.420 e. The van der Waals surface area contributed by atoms with Crippen LogP contribution in [0.15, 0.2) is 18.2 Å². The Morgan fingerprint density at radius 1 is 1.31 bits per heavy atom. The van der Waals surface area contributed by atoms with Crippen LogP contribution in [0.4, 0.5) is 13.2 Å². The van der Waals surface area contributed by atoms with Crippen molar-refractivity contribution in [2.45, 2.75) is 32.2 Å². The molecule has 3 nitrogen and oxygen atoms in total. The number of rotatable bonds is 3. The van der Waals surface area contributed by atoms with Gasteiger partial charge >= 0.3 is 6.18 Å². The Kier molecular flexibility index (Phi) is 3.74. The highest BCUT2D eigenvalue weighted by Gasteiger charge is 2.40. The van der Waals surface area contributed by atoms with Gasteiger partial charge in [-0.05, 0) is 19.9 Å². The molecule has 1 aromatic rings. The van der Waals surface area contributed by atoms with E-state index in [1.807, 2.05) is 0 Å². The molecule has 1 unspecified atom stereocenters. The van der Waals surface area contributed by atoms with Crippen molar-refractivity contribution >= 4 is 0 Å². The average molecular weight is 235 g/mol. The normalized spacial score (nSPS) is 13.9. The van der Waals surface area contributed by atoms with E-state index in [-0.39, 0.29) is 12.0 Å². The van der Waals surface area contributed by atoms with Crippen LogP contribution in [0.25, 0.3) is 0 Å². The number of ether oxygens (including phenoxy) is 1. The molecular formula is C10H12F3NO2. The van der Waals surface area contributed by atoms with Crippen LogP contribution in [0.5, 0.6) is 5.88 Å². The molecule has 1 atom stereocenters. The summed E-state index contributed by atoms with van der Waals surface area (Å²) in [4.78, 5) is 3.59. The van der Waals surface area contributed by atoms with E-state index in [0.717, 1.165) is 6.07 Å². The van der Waals surface area contributed by atoms with Gasteiger partial charge in [-0.3, -0.25) is 0 Å². The van der Waals surface area contributed by atoms with Gasteiger partial charge in [-0.15, -0.1) is 0 Å². The largest absolute Gasteiger partial charge is 0.475 e. The third-order valence-electron chi connectivity index (χ3n) is 1.69. The number of aromatic nitrogens is 1. The van der Waals surface area contributed by atoms with Gasteiger partial charge in [-0.25, -0.2) is 4.98 Å². The van der Waals surface area contributed by atoms with Crippen molar-refractivity contribution in [3.05, 3.63) is 23.9 Å². The molecule has 1 aromatic heterocycles. The van der Waals surface area contributed by atoms with Crippen molar-refractivity contribution in [3.63, 3.8) is 0 Å². The molecule has 1 heterocycles. The Labute approximate surface area is 90.9 Å². The first kappa shape index (κ1) is 12.8. The summed E-state index contributed by atoms with van der Waals surface area (Å²) in [6, 6.07) is 3.90. The minimum absolute atomic E-state index is 0.0656. The Hall–Kier alpha value is -1.30. The molecule has 0 aromatic carbocycles. The lowest BCUT2D eigenvalue weighted by atomic mass is 10.2. The Morgan fingerprint density at radius 2 is 1.94 bits per heavy atom. The number of alkyl halides is 3. The first-order valence-electron chi connectivity index (χ1n) is 4.69. The van der Waals surface area contributed by atoms with Gasteiger partial charge in [0.25, 0.3) is 0 Å². The van der Waals surface area contributed by atoms with E-state index in [1.165, 1.54) is 12.1 Å². The number of hydrogen-bond donors (Lipinski definition) is 1. The van der Waals surface area contributed by atoms with Crippen molar-refractivity contribution in [1.29, 1.82) is 0 Å². The molecule has 6 heteroatoms. The molecule has 0 aliphatic heterocycles. The first-order chi connectivity index (χ1) is 7.30. The maximum atomic E-state index is 12.2. The summed E-state index contributed by atoms with van der Waals surface area (Å²) in [6.45, 7) is 3.46. The minimum Gasteiger partial charge on any atom is -0.475 e. The van der Waals surface area contributed by atoms with E-state index in [0.29, 0.717) is 0 Å². The lowest BCUT2D eigenvalue weighted by Gasteiger charge is -2.15. The van der Waals surface area contributed by atoms with Crippen molar-refractivity contribution in [2.75, 3.05) is 0 Å². The average Bonchev–Trinajstić information content (AvgIpc) is 2.14. The van der Waals surface area contributed by atoms with Crippen LogP contribution in [0.3, 0.4) is 0 Å². The van der Waals surface area contributed by atoms with Crippen LogP contribution in [0, 0.1) is 0 Å². The second kappa shape index (κ2) is 4.69. The molecule has 0 radical (unpaired) electrons. The summed E-state index contributed by atoms with van der Waals surface area (Å²) in [7, 11) is 0. The van der Waals surface area contributed by atoms with Gasteiger partial charge in [-0.2, -0.15) is 13.2 Å². The highest BCUT2D eigenvalue weighted by atomic mass is 19.4. The summed E-state index contributed by atoms with van der Waals surface area (Å²) >= 11 is 0. The van der Waals surface area contributed by atoms with Crippen LogP contribution in [0.2, 0.25) is 0 Å². The van der Waals surface area contributed by atoms with Crippen molar-refractivity contribution < 1.29 is 23.0 Å². The molecular weight excluding hydrogens is 223 g/mol. The number of pyridine rings is 1. The van der Waals surface area contributed by atoms with Gasteiger partial charge in [-0.1, -0.05) is 6.07 Å². The van der Waals surface area contributed by atoms with E-state index >= 15 is 0 Å². The van der Waals surface area contributed by atoms with E-state index in [2.05, 4.69) is 4.98 Å². The summed E-state index contributed by atoms with van der Waals surface area (Å²) < 4.78 is 41.7. The van der Waals surface area contributed by atoms with Gasteiger partial charge in [0.1, 0.15) is 0 Å². The van der Waals surface area contributed by atoms with Crippen molar-refractivity contribution in [2.24, 2.45) is 0 Å². The highest BCUT2D eigenvalue weighted by molar-refractivity contribution is 5.18. The summed E-state index contributed by atoms with van der Waals surface area (Å²) in [5.41, 5.74) is -0.467.